The predicted octanol–water partition coefficient (Wildman–Crippen LogP) is 3.49. The fourth-order valence-electron chi connectivity index (χ4n) is 1.78. The zero-order chi connectivity index (χ0) is 15.2. The highest BCUT2D eigenvalue weighted by atomic mass is 79.9. The second-order valence-electron chi connectivity index (χ2n) is 4.70. The van der Waals surface area contributed by atoms with Crippen LogP contribution in [0.2, 0.25) is 0 Å². The van der Waals surface area contributed by atoms with Gasteiger partial charge in [0.25, 0.3) is 5.91 Å². The lowest BCUT2D eigenvalue weighted by Gasteiger charge is -2.09. The first-order valence-corrected chi connectivity index (χ1v) is 7.37. The molecule has 5 heteroatoms. The van der Waals surface area contributed by atoms with Crippen LogP contribution in [-0.4, -0.2) is 12.5 Å². The van der Waals surface area contributed by atoms with Crippen molar-refractivity contribution < 1.29 is 9.53 Å². The van der Waals surface area contributed by atoms with Crippen LogP contribution >= 0.6 is 15.9 Å². The summed E-state index contributed by atoms with van der Waals surface area (Å²) in [5, 5.41) is 2.77. The van der Waals surface area contributed by atoms with Crippen molar-refractivity contribution in [3.8, 4) is 5.75 Å². The SMILES string of the molecule is CC(N)c1ccc(OCC(=O)Nc2cccc(Br)c2)cc1. The maximum atomic E-state index is 11.8. The molecule has 0 aliphatic heterocycles. The Bertz CT molecular complexity index is 612. The summed E-state index contributed by atoms with van der Waals surface area (Å²) in [6.45, 7) is 1.88. The van der Waals surface area contributed by atoms with Crippen LogP contribution < -0.4 is 15.8 Å². The van der Waals surface area contributed by atoms with E-state index in [-0.39, 0.29) is 18.6 Å². The van der Waals surface area contributed by atoms with Gasteiger partial charge in [-0.1, -0.05) is 34.1 Å². The van der Waals surface area contributed by atoms with Crippen molar-refractivity contribution in [2.75, 3.05) is 11.9 Å². The maximum Gasteiger partial charge on any atom is 0.262 e. The van der Waals surface area contributed by atoms with E-state index < -0.39 is 0 Å². The number of nitrogens with one attached hydrogen (secondary N) is 1. The Hall–Kier alpha value is -1.85. The second kappa shape index (κ2) is 7.24. The Morgan fingerprint density at radius 3 is 2.62 bits per heavy atom. The molecule has 0 spiro atoms. The van der Waals surface area contributed by atoms with Gasteiger partial charge in [0, 0.05) is 16.2 Å². The highest BCUT2D eigenvalue weighted by Crippen LogP contribution is 2.17. The van der Waals surface area contributed by atoms with E-state index in [2.05, 4.69) is 21.2 Å². The van der Waals surface area contributed by atoms with Crippen molar-refractivity contribution in [3.63, 3.8) is 0 Å². The van der Waals surface area contributed by atoms with Crippen molar-refractivity contribution in [1.29, 1.82) is 0 Å². The van der Waals surface area contributed by atoms with Crippen LogP contribution in [0.25, 0.3) is 0 Å². The summed E-state index contributed by atoms with van der Waals surface area (Å²) < 4.78 is 6.35. The van der Waals surface area contributed by atoms with Crippen molar-refractivity contribution in [3.05, 3.63) is 58.6 Å². The quantitative estimate of drug-likeness (QED) is 0.869. The zero-order valence-corrected chi connectivity index (χ0v) is 13.3. The number of amides is 1. The summed E-state index contributed by atoms with van der Waals surface area (Å²) >= 11 is 3.35. The van der Waals surface area contributed by atoms with Gasteiger partial charge in [0.1, 0.15) is 5.75 Å². The summed E-state index contributed by atoms with van der Waals surface area (Å²) in [5.74, 6) is 0.438. The number of hydrogen-bond acceptors (Lipinski definition) is 3. The van der Waals surface area contributed by atoms with E-state index in [9.17, 15) is 4.79 Å². The van der Waals surface area contributed by atoms with Gasteiger partial charge < -0.3 is 15.8 Å². The molecule has 0 saturated carbocycles. The number of carbonyl (C=O) groups excluding carboxylic acids is 1. The Labute approximate surface area is 132 Å². The summed E-state index contributed by atoms with van der Waals surface area (Å²) in [5.41, 5.74) is 7.53. The highest BCUT2D eigenvalue weighted by Gasteiger charge is 2.05. The fraction of sp³-hybridized carbons (Fsp3) is 0.188. The number of anilines is 1. The molecule has 0 aromatic heterocycles. The molecule has 0 fully saturated rings. The van der Waals surface area contributed by atoms with Crippen molar-refractivity contribution in [2.24, 2.45) is 5.73 Å². The molecule has 110 valence electrons. The van der Waals surface area contributed by atoms with E-state index in [0.29, 0.717) is 5.75 Å². The van der Waals surface area contributed by atoms with Gasteiger partial charge in [-0.2, -0.15) is 0 Å². The molecule has 21 heavy (non-hydrogen) atoms. The molecule has 2 aromatic rings. The van der Waals surface area contributed by atoms with E-state index >= 15 is 0 Å². The molecule has 4 nitrogen and oxygen atoms in total. The van der Waals surface area contributed by atoms with E-state index in [0.717, 1.165) is 15.7 Å². The molecule has 0 radical (unpaired) electrons. The number of nitrogens with two attached hydrogens (primary N) is 1. The molecule has 1 unspecified atom stereocenters. The van der Waals surface area contributed by atoms with Crippen LogP contribution in [0.1, 0.15) is 18.5 Å². The van der Waals surface area contributed by atoms with Gasteiger partial charge in [0.2, 0.25) is 0 Å². The first-order chi connectivity index (χ1) is 10.0. The standard InChI is InChI=1S/C16H17BrN2O2/c1-11(18)12-5-7-15(8-6-12)21-10-16(20)19-14-4-2-3-13(17)9-14/h2-9,11H,10,18H2,1H3,(H,19,20). The molecule has 0 saturated heterocycles. The van der Waals surface area contributed by atoms with Crippen LogP contribution in [-0.2, 0) is 4.79 Å². The van der Waals surface area contributed by atoms with Crippen molar-refractivity contribution in [2.45, 2.75) is 13.0 Å². The zero-order valence-electron chi connectivity index (χ0n) is 11.7. The Kier molecular flexibility index (Phi) is 5.36. The van der Waals surface area contributed by atoms with Crippen LogP contribution in [0, 0.1) is 0 Å². The van der Waals surface area contributed by atoms with Gasteiger partial charge in [-0.3, -0.25) is 4.79 Å². The Morgan fingerprint density at radius 1 is 1.29 bits per heavy atom. The van der Waals surface area contributed by atoms with Crippen molar-refractivity contribution in [1.82, 2.24) is 0 Å². The first kappa shape index (κ1) is 15.5. The number of ether oxygens (including phenoxy) is 1. The lowest BCUT2D eigenvalue weighted by atomic mass is 10.1. The number of rotatable bonds is 5. The Balaban J connectivity index is 1.86. The molecule has 1 atom stereocenters. The summed E-state index contributed by atoms with van der Waals surface area (Å²) in [6.07, 6.45) is 0. The molecule has 2 aromatic carbocycles. The molecular weight excluding hydrogens is 332 g/mol. The van der Waals surface area contributed by atoms with E-state index in [1.807, 2.05) is 55.5 Å². The topological polar surface area (TPSA) is 64.3 Å². The van der Waals surface area contributed by atoms with Gasteiger partial charge in [0.05, 0.1) is 0 Å². The largest absolute Gasteiger partial charge is 0.484 e. The molecule has 0 aliphatic rings. The fourth-order valence-corrected chi connectivity index (χ4v) is 2.18. The molecule has 0 bridgehead atoms. The first-order valence-electron chi connectivity index (χ1n) is 6.58. The van der Waals surface area contributed by atoms with Gasteiger partial charge in [-0.25, -0.2) is 0 Å². The monoisotopic (exact) mass is 348 g/mol. The Morgan fingerprint density at radius 2 is 2.00 bits per heavy atom. The molecule has 0 heterocycles. The average Bonchev–Trinajstić information content (AvgIpc) is 2.45. The molecule has 1 amide bonds. The average molecular weight is 349 g/mol. The van der Waals surface area contributed by atoms with Gasteiger partial charge >= 0.3 is 0 Å². The molecular formula is C16H17BrN2O2. The minimum Gasteiger partial charge on any atom is -0.484 e. The van der Waals surface area contributed by atoms with Gasteiger partial charge in [-0.05, 0) is 42.8 Å². The minimum atomic E-state index is -0.204. The number of hydrogen-bond donors (Lipinski definition) is 2. The third-order valence-electron chi connectivity index (χ3n) is 2.88. The smallest absolute Gasteiger partial charge is 0.262 e. The van der Waals surface area contributed by atoms with Crippen LogP contribution in [0.4, 0.5) is 5.69 Å². The van der Waals surface area contributed by atoms with E-state index in [4.69, 9.17) is 10.5 Å². The number of carbonyl (C=O) groups is 1. The third kappa shape index (κ3) is 4.88. The van der Waals surface area contributed by atoms with E-state index in [1.54, 1.807) is 0 Å². The summed E-state index contributed by atoms with van der Waals surface area (Å²) in [7, 11) is 0. The number of halogens is 1. The lowest BCUT2D eigenvalue weighted by Crippen LogP contribution is -2.20. The van der Waals surface area contributed by atoms with Crippen LogP contribution in [0.5, 0.6) is 5.75 Å². The molecule has 2 rings (SSSR count). The lowest BCUT2D eigenvalue weighted by molar-refractivity contribution is -0.118. The molecule has 0 aliphatic carbocycles. The van der Waals surface area contributed by atoms with Crippen molar-refractivity contribution >= 4 is 27.5 Å². The number of benzene rings is 2. The maximum absolute atomic E-state index is 11.8. The normalized spacial score (nSPS) is 11.8. The molecule has 3 N–H and O–H groups in total. The highest BCUT2D eigenvalue weighted by molar-refractivity contribution is 9.10. The van der Waals surface area contributed by atoms with E-state index in [1.165, 1.54) is 0 Å². The third-order valence-corrected chi connectivity index (χ3v) is 3.38. The summed E-state index contributed by atoms with van der Waals surface area (Å²) in [4.78, 5) is 11.8. The summed E-state index contributed by atoms with van der Waals surface area (Å²) in [6, 6.07) is 14.8. The van der Waals surface area contributed by atoms with Crippen LogP contribution in [0.3, 0.4) is 0 Å². The van der Waals surface area contributed by atoms with Crippen LogP contribution in [0.15, 0.2) is 53.0 Å². The second-order valence-corrected chi connectivity index (χ2v) is 5.62. The van der Waals surface area contributed by atoms with Gasteiger partial charge in [-0.15, -0.1) is 0 Å². The minimum absolute atomic E-state index is 0.0149. The van der Waals surface area contributed by atoms with Gasteiger partial charge in [0.15, 0.2) is 6.61 Å². The predicted molar refractivity (Wildman–Crippen MR) is 87.3 cm³/mol.